The van der Waals surface area contributed by atoms with Crippen LogP contribution in [0.25, 0.3) is 22.4 Å². The van der Waals surface area contributed by atoms with E-state index < -0.39 is 10.8 Å². The zero-order valence-electron chi connectivity index (χ0n) is 11.0. The molecule has 1 aromatic carbocycles. The first-order valence-electron chi connectivity index (χ1n) is 5.87. The summed E-state index contributed by atoms with van der Waals surface area (Å²) >= 11 is 0. The van der Waals surface area contributed by atoms with Crippen molar-refractivity contribution in [2.24, 2.45) is 0 Å². The van der Waals surface area contributed by atoms with Gasteiger partial charge in [0, 0.05) is 11.8 Å². The molecule has 1 atom stereocenters. The second-order valence-electron chi connectivity index (χ2n) is 4.19. The van der Waals surface area contributed by atoms with E-state index in [0.29, 0.717) is 16.5 Å². The number of nitrogens with one attached hydrogen (secondary N) is 1. The molecule has 0 bridgehead atoms. The highest BCUT2D eigenvalue weighted by Crippen LogP contribution is 2.28. The van der Waals surface area contributed by atoms with Crippen LogP contribution in [-0.4, -0.2) is 37.7 Å². The number of aromatic amines is 1. The zero-order chi connectivity index (χ0) is 14.1. The van der Waals surface area contributed by atoms with E-state index in [4.69, 9.17) is 4.74 Å². The normalized spacial score (nSPS) is 12.5. The highest BCUT2D eigenvalue weighted by atomic mass is 32.2. The van der Waals surface area contributed by atoms with E-state index >= 15 is 0 Å². The van der Waals surface area contributed by atoms with Crippen LogP contribution < -0.4 is 4.74 Å². The van der Waals surface area contributed by atoms with Crippen molar-refractivity contribution < 1.29 is 8.95 Å². The molecule has 1 N–H and O–H groups in total. The Kier molecular flexibility index (Phi) is 3.19. The summed E-state index contributed by atoms with van der Waals surface area (Å²) in [6.07, 6.45) is 4.82. The topological polar surface area (TPSA) is 80.8 Å². The van der Waals surface area contributed by atoms with Crippen molar-refractivity contribution in [3.63, 3.8) is 0 Å². The first-order valence-corrected chi connectivity index (χ1v) is 7.43. The van der Waals surface area contributed by atoms with Gasteiger partial charge in [0.2, 0.25) is 0 Å². The third-order valence-corrected chi connectivity index (χ3v) is 3.91. The third-order valence-electron chi connectivity index (χ3n) is 2.95. The molecule has 0 saturated heterocycles. The predicted molar refractivity (Wildman–Crippen MR) is 76.0 cm³/mol. The summed E-state index contributed by atoms with van der Waals surface area (Å²) in [5.74, 6) is 1.31. The molecule has 1 unspecified atom stereocenters. The largest absolute Gasteiger partial charge is 0.497 e. The maximum Gasteiger partial charge on any atom is 0.139 e. The summed E-state index contributed by atoms with van der Waals surface area (Å²) in [5.41, 5.74) is 2.29. The Morgan fingerprint density at radius 3 is 2.75 bits per heavy atom. The molecule has 0 aliphatic carbocycles. The molecule has 102 valence electrons. The summed E-state index contributed by atoms with van der Waals surface area (Å²) in [5, 5.41) is 7.60. The molecule has 0 radical (unpaired) electrons. The first-order chi connectivity index (χ1) is 9.69. The fourth-order valence-corrected chi connectivity index (χ4v) is 2.72. The molecule has 3 aromatic rings. The van der Waals surface area contributed by atoms with E-state index in [1.54, 1.807) is 31.8 Å². The molecule has 0 spiro atoms. The van der Waals surface area contributed by atoms with Crippen LogP contribution in [-0.2, 0) is 10.8 Å². The highest BCUT2D eigenvalue weighted by Gasteiger charge is 2.13. The van der Waals surface area contributed by atoms with Crippen LogP contribution >= 0.6 is 0 Å². The van der Waals surface area contributed by atoms with Crippen LogP contribution in [0.1, 0.15) is 0 Å². The van der Waals surface area contributed by atoms with Gasteiger partial charge in [0.25, 0.3) is 0 Å². The van der Waals surface area contributed by atoms with Gasteiger partial charge in [-0.15, -0.1) is 0 Å². The van der Waals surface area contributed by atoms with Gasteiger partial charge in [-0.3, -0.25) is 4.21 Å². The Morgan fingerprint density at radius 2 is 2.05 bits per heavy atom. The average Bonchev–Trinajstić information content (AvgIpc) is 2.90. The minimum atomic E-state index is -1.15. The lowest BCUT2D eigenvalue weighted by Gasteiger charge is -2.07. The minimum absolute atomic E-state index is 0.641. The first kappa shape index (κ1) is 12.7. The van der Waals surface area contributed by atoms with Gasteiger partial charge in [0.1, 0.15) is 17.1 Å². The monoisotopic (exact) mass is 288 g/mol. The number of benzene rings is 1. The Hall–Kier alpha value is -2.28. The number of hydrogen-bond acceptors (Lipinski definition) is 5. The van der Waals surface area contributed by atoms with Crippen molar-refractivity contribution in [1.82, 2.24) is 20.2 Å². The molecule has 3 rings (SSSR count). The Balaban J connectivity index is 2.20. The van der Waals surface area contributed by atoms with Gasteiger partial charge in [-0.1, -0.05) is 0 Å². The number of hydrogen-bond donors (Lipinski definition) is 1. The van der Waals surface area contributed by atoms with E-state index in [1.807, 2.05) is 12.1 Å². The van der Waals surface area contributed by atoms with Crippen molar-refractivity contribution in [3.05, 3.63) is 30.6 Å². The summed E-state index contributed by atoms with van der Waals surface area (Å²) in [4.78, 5) is 8.27. The van der Waals surface area contributed by atoms with Crippen LogP contribution in [0.4, 0.5) is 0 Å². The van der Waals surface area contributed by atoms with Gasteiger partial charge >= 0.3 is 0 Å². The van der Waals surface area contributed by atoms with Crippen molar-refractivity contribution >= 4 is 21.8 Å². The summed E-state index contributed by atoms with van der Waals surface area (Å²) in [6, 6.07) is 5.42. The number of aromatic nitrogens is 4. The van der Waals surface area contributed by atoms with E-state index in [-0.39, 0.29) is 0 Å². The summed E-state index contributed by atoms with van der Waals surface area (Å²) in [7, 11) is 0.433. The molecule has 0 fully saturated rings. The van der Waals surface area contributed by atoms with E-state index in [2.05, 4.69) is 20.2 Å². The van der Waals surface area contributed by atoms with Crippen molar-refractivity contribution in [3.8, 4) is 17.1 Å². The molecule has 20 heavy (non-hydrogen) atoms. The van der Waals surface area contributed by atoms with Gasteiger partial charge in [0.05, 0.1) is 40.7 Å². The lowest BCUT2D eigenvalue weighted by Crippen LogP contribution is -1.95. The number of nitrogens with zero attached hydrogens (tertiary/aromatic N) is 3. The van der Waals surface area contributed by atoms with Gasteiger partial charge in [-0.05, 0) is 18.2 Å². The average molecular weight is 288 g/mol. The number of ether oxygens (including phenoxy) is 1. The molecule has 0 aliphatic heterocycles. The Morgan fingerprint density at radius 1 is 1.25 bits per heavy atom. The van der Waals surface area contributed by atoms with Gasteiger partial charge in [0.15, 0.2) is 0 Å². The molecule has 0 saturated carbocycles. The smallest absolute Gasteiger partial charge is 0.139 e. The van der Waals surface area contributed by atoms with Crippen LogP contribution in [0.2, 0.25) is 0 Å². The fourth-order valence-electron chi connectivity index (χ4n) is 1.97. The summed E-state index contributed by atoms with van der Waals surface area (Å²) < 4.78 is 17.1. The van der Waals surface area contributed by atoms with Crippen molar-refractivity contribution in [1.29, 1.82) is 0 Å². The molecule has 0 aliphatic rings. The SMILES string of the molecule is COc1ccc(-c2nc3cnncc3[nH]2)c(S(C)=O)c1. The molecular formula is C13H12N4O2S. The number of fused-ring (bicyclic) bond motifs is 1. The van der Waals surface area contributed by atoms with Crippen LogP contribution in [0.3, 0.4) is 0 Å². The van der Waals surface area contributed by atoms with E-state index in [1.165, 1.54) is 0 Å². The van der Waals surface area contributed by atoms with Crippen molar-refractivity contribution in [2.45, 2.75) is 4.90 Å². The summed E-state index contributed by atoms with van der Waals surface area (Å²) in [6.45, 7) is 0. The lowest BCUT2D eigenvalue weighted by atomic mass is 10.2. The van der Waals surface area contributed by atoms with Crippen LogP contribution in [0.15, 0.2) is 35.5 Å². The Labute approximate surface area is 117 Å². The molecule has 7 heteroatoms. The molecular weight excluding hydrogens is 276 g/mol. The minimum Gasteiger partial charge on any atom is -0.497 e. The highest BCUT2D eigenvalue weighted by molar-refractivity contribution is 7.84. The maximum absolute atomic E-state index is 11.9. The fraction of sp³-hybridized carbons (Fsp3) is 0.154. The van der Waals surface area contributed by atoms with Crippen LogP contribution in [0, 0.1) is 0 Å². The number of H-pyrrole nitrogens is 1. The third kappa shape index (κ3) is 2.16. The molecule has 6 nitrogen and oxygen atoms in total. The van der Waals surface area contributed by atoms with Crippen LogP contribution in [0.5, 0.6) is 5.75 Å². The maximum atomic E-state index is 11.9. The predicted octanol–water partition coefficient (Wildman–Crippen LogP) is 1.77. The van der Waals surface area contributed by atoms with Crippen molar-refractivity contribution in [2.75, 3.05) is 13.4 Å². The van der Waals surface area contributed by atoms with E-state index in [9.17, 15) is 4.21 Å². The lowest BCUT2D eigenvalue weighted by molar-refractivity contribution is 0.413. The van der Waals surface area contributed by atoms with E-state index in [0.717, 1.165) is 16.6 Å². The zero-order valence-corrected chi connectivity index (χ0v) is 11.8. The van der Waals surface area contributed by atoms with Gasteiger partial charge in [-0.25, -0.2) is 4.98 Å². The quantitative estimate of drug-likeness (QED) is 0.794. The second-order valence-corrected chi connectivity index (χ2v) is 5.54. The second kappa shape index (κ2) is 5.01. The van der Waals surface area contributed by atoms with Gasteiger partial charge in [-0.2, -0.15) is 10.2 Å². The molecule has 0 amide bonds. The molecule has 2 heterocycles. The van der Waals surface area contributed by atoms with Gasteiger partial charge < -0.3 is 9.72 Å². The number of rotatable bonds is 3. The number of methoxy groups -OCH3 is 1. The number of imidazole rings is 1. The molecule has 2 aromatic heterocycles. The Bertz CT molecular complexity index is 767. The standard InChI is InChI=1S/C13H12N4O2S/c1-19-8-3-4-9(12(5-8)20(2)18)13-16-10-6-14-15-7-11(10)17-13/h3-7H,1-2H3,(H,16,17).